The monoisotopic (exact) mass is 325 g/mol. The molecule has 2 N–H and O–H groups in total. The molecule has 3 rings (SSSR count). The Morgan fingerprint density at radius 2 is 2.12 bits per heavy atom. The third-order valence-electron chi connectivity index (χ3n) is 4.05. The Labute approximate surface area is 142 Å². The zero-order chi connectivity index (χ0) is 16.6. The minimum atomic E-state index is 0.446. The minimum Gasteiger partial charge on any atom is -0.495 e. The van der Waals surface area contributed by atoms with Gasteiger partial charge in [0.1, 0.15) is 5.75 Å². The Balaban J connectivity index is 1.58. The lowest BCUT2D eigenvalue weighted by Crippen LogP contribution is -2.08. The molecule has 6 nitrogen and oxygen atoms in total. The van der Waals surface area contributed by atoms with Crippen molar-refractivity contribution in [2.24, 2.45) is 0 Å². The average molecular weight is 325 g/mol. The molecule has 126 valence electrons. The standard InChI is InChI=1S/C18H23N5O/c1-24-16-10-6-5-9-15(16)21-18-22-17(13-20-23-18)19-12-11-14-7-3-2-4-8-14/h5-7,9-10,13H,2-4,8,11-12H2,1H3,(H2,19,21,22,23). The highest BCUT2D eigenvalue weighted by molar-refractivity contribution is 5.62. The molecule has 0 fully saturated rings. The topological polar surface area (TPSA) is 72.0 Å². The van der Waals surface area contributed by atoms with Gasteiger partial charge < -0.3 is 15.4 Å². The zero-order valence-corrected chi connectivity index (χ0v) is 14.0. The van der Waals surface area contributed by atoms with Crippen LogP contribution in [0.5, 0.6) is 5.75 Å². The molecule has 0 atom stereocenters. The van der Waals surface area contributed by atoms with Gasteiger partial charge in [-0.1, -0.05) is 23.8 Å². The SMILES string of the molecule is COc1ccccc1Nc1nncc(NCCC2=CCCCC2)n1. The van der Waals surface area contributed by atoms with Gasteiger partial charge in [0.15, 0.2) is 5.82 Å². The van der Waals surface area contributed by atoms with E-state index in [9.17, 15) is 0 Å². The summed E-state index contributed by atoms with van der Waals surface area (Å²) >= 11 is 0. The fraction of sp³-hybridized carbons (Fsp3) is 0.389. The lowest BCUT2D eigenvalue weighted by molar-refractivity contribution is 0.417. The first kappa shape index (κ1) is 16.2. The molecular weight excluding hydrogens is 302 g/mol. The van der Waals surface area contributed by atoms with Gasteiger partial charge in [-0.3, -0.25) is 0 Å². The molecule has 0 saturated carbocycles. The third-order valence-corrected chi connectivity index (χ3v) is 4.05. The van der Waals surface area contributed by atoms with E-state index in [4.69, 9.17) is 4.74 Å². The Morgan fingerprint density at radius 1 is 1.21 bits per heavy atom. The number of allylic oxidation sites excluding steroid dienone is 1. The van der Waals surface area contributed by atoms with Crippen molar-refractivity contribution in [3.05, 3.63) is 42.1 Å². The molecule has 2 aromatic rings. The number of methoxy groups -OCH3 is 1. The molecule has 0 spiro atoms. The van der Waals surface area contributed by atoms with Gasteiger partial charge in [-0.15, -0.1) is 5.10 Å². The maximum atomic E-state index is 5.32. The van der Waals surface area contributed by atoms with Crippen LogP contribution >= 0.6 is 0 Å². The van der Waals surface area contributed by atoms with Gasteiger partial charge in [-0.2, -0.15) is 10.1 Å². The number of hydrogen-bond acceptors (Lipinski definition) is 6. The van der Waals surface area contributed by atoms with E-state index in [2.05, 4.69) is 31.9 Å². The smallest absolute Gasteiger partial charge is 0.249 e. The summed E-state index contributed by atoms with van der Waals surface area (Å²) in [5, 5.41) is 14.5. The number of ether oxygens (including phenoxy) is 1. The van der Waals surface area contributed by atoms with Crippen molar-refractivity contribution >= 4 is 17.5 Å². The van der Waals surface area contributed by atoms with Gasteiger partial charge >= 0.3 is 0 Å². The van der Waals surface area contributed by atoms with Crippen LogP contribution in [0.3, 0.4) is 0 Å². The molecule has 0 aliphatic heterocycles. The molecule has 1 heterocycles. The fourth-order valence-electron chi connectivity index (χ4n) is 2.79. The maximum absolute atomic E-state index is 5.32. The fourth-order valence-corrected chi connectivity index (χ4v) is 2.79. The summed E-state index contributed by atoms with van der Waals surface area (Å²) in [4.78, 5) is 4.46. The number of aromatic nitrogens is 3. The number of benzene rings is 1. The second-order valence-electron chi connectivity index (χ2n) is 5.78. The zero-order valence-electron chi connectivity index (χ0n) is 14.0. The highest BCUT2D eigenvalue weighted by atomic mass is 16.5. The van der Waals surface area contributed by atoms with E-state index in [0.29, 0.717) is 5.95 Å². The lowest BCUT2D eigenvalue weighted by atomic mass is 9.97. The van der Waals surface area contributed by atoms with Gasteiger partial charge in [-0.05, 0) is 44.2 Å². The van der Waals surface area contributed by atoms with Crippen LogP contribution in [0.15, 0.2) is 42.1 Å². The van der Waals surface area contributed by atoms with Crippen LogP contribution in [0.4, 0.5) is 17.5 Å². The van der Waals surface area contributed by atoms with Crippen LogP contribution in [0, 0.1) is 0 Å². The van der Waals surface area contributed by atoms with Crippen molar-refractivity contribution in [1.82, 2.24) is 15.2 Å². The molecule has 0 radical (unpaired) electrons. The van der Waals surface area contributed by atoms with Crippen LogP contribution < -0.4 is 15.4 Å². The second-order valence-corrected chi connectivity index (χ2v) is 5.78. The first-order chi connectivity index (χ1) is 11.8. The molecule has 1 aliphatic rings. The van der Waals surface area contributed by atoms with Gasteiger partial charge in [0.05, 0.1) is 19.0 Å². The van der Waals surface area contributed by atoms with Crippen molar-refractivity contribution in [3.63, 3.8) is 0 Å². The molecule has 0 amide bonds. The molecule has 0 bridgehead atoms. The minimum absolute atomic E-state index is 0.446. The van der Waals surface area contributed by atoms with E-state index in [1.54, 1.807) is 18.9 Å². The van der Waals surface area contributed by atoms with Gasteiger partial charge in [0.2, 0.25) is 5.95 Å². The molecule has 0 saturated heterocycles. The van der Waals surface area contributed by atoms with Crippen LogP contribution in [-0.2, 0) is 0 Å². The molecule has 6 heteroatoms. The molecule has 1 aliphatic carbocycles. The number of anilines is 3. The highest BCUT2D eigenvalue weighted by Crippen LogP contribution is 2.25. The van der Waals surface area contributed by atoms with Crippen molar-refractivity contribution in [2.45, 2.75) is 32.1 Å². The predicted octanol–water partition coefficient (Wildman–Crippen LogP) is 3.93. The Morgan fingerprint density at radius 3 is 2.96 bits per heavy atom. The normalized spacial score (nSPS) is 14.0. The number of hydrogen-bond donors (Lipinski definition) is 2. The number of rotatable bonds is 7. The Bertz CT molecular complexity index is 701. The number of nitrogens with one attached hydrogen (secondary N) is 2. The van der Waals surface area contributed by atoms with Gasteiger partial charge in [0.25, 0.3) is 0 Å². The lowest BCUT2D eigenvalue weighted by Gasteiger charge is -2.13. The maximum Gasteiger partial charge on any atom is 0.249 e. The summed E-state index contributed by atoms with van der Waals surface area (Å²) in [6, 6.07) is 7.65. The van der Waals surface area contributed by atoms with Crippen molar-refractivity contribution in [2.75, 3.05) is 24.3 Å². The van der Waals surface area contributed by atoms with Crippen molar-refractivity contribution in [1.29, 1.82) is 0 Å². The Kier molecular flexibility index (Phi) is 5.61. The second kappa shape index (κ2) is 8.29. The number of para-hydroxylation sites is 2. The van der Waals surface area contributed by atoms with E-state index in [1.807, 2.05) is 24.3 Å². The summed E-state index contributed by atoms with van der Waals surface area (Å²) in [6.07, 6.45) is 10.2. The summed E-state index contributed by atoms with van der Waals surface area (Å²) in [6.45, 7) is 0.860. The van der Waals surface area contributed by atoms with E-state index in [1.165, 1.54) is 25.7 Å². The van der Waals surface area contributed by atoms with Crippen LogP contribution in [0.25, 0.3) is 0 Å². The first-order valence-corrected chi connectivity index (χ1v) is 8.37. The Hall–Kier alpha value is -2.63. The molecule has 1 aromatic carbocycles. The summed E-state index contributed by atoms with van der Waals surface area (Å²) < 4.78 is 5.32. The summed E-state index contributed by atoms with van der Waals surface area (Å²) in [7, 11) is 1.64. The van der Waals surface area contributed by atoms with Crippen molar-refractivity contribution < 1.29 is 4.74 Å². The molecule has 1 aromatic heterocycles. The number of nitrogens with zero attached hydrogens (tertiary/aromatic N) is 3. The van der Waals surface area contributed by atoms with E-state index < -0.39 is 0 Å². The summed E-state index contributed by atoms with van der Waals surface area (Å²) in [5.74, 6) is 1.91. The van der Waals surface area contributed by atoms with Gasteiger partial charge in [-0.25, -0.2) is 0 Å². The molecule has 0 unspecified atom stereocenters. The quantitative estimate of drug-likeness (QED) is 0.752. The highest BCUT2D eigenvalue weighted by Gasteiger charge is 2.06. The average Bonchev–Trinajstić information content (AvgIpc) is 2.63. The molecule has 24 heavy (non-hydrogen) atoms. The van der Waals surface area contributed by atoms with Crippen LogP contribution in [0.1, 0.15) is 32.1 Å². The van der Waals surface area contributed by atoms with Crippen LogP contribution in [-0.4, -0.2) is 28.8 Å². The predicted molar refractivity (Wildman–Crippen MR) is 95.8 cm³/mol. The molecular formula is C18H23N5O. The largest absolute Gasteiger partial charge is 0.495 e. The van der Waals surface area contributed by atoms with E-state index >= 15 is 0 Å². The van der Waals surface area contributed by atoms with Gasteiger partial charge in [0, 0.05) is 6.54 Å². The van der Waals surface area contributed by atoms with E-state index in [0.717, 1.165) is 30.2 Å². The van der Waals surface area contributed by atoms with E-state index in [-0.39, 0.29) is 0 Å². The van der Waals surface area contributed by atoms with Crippen molar-refractivity contribution in [3.8, 4) is 5.75 Å². The van der Waals surface area contributed by atoms with Crippen LogP contribution in [0.2, 0.25) is 0 Å². The first-order valence-electron chi connectivity index (χ1n) is 8.37. The third kappa shape index (κ3) is 4.44. The summed E-state index contributed by atoms with van der Waals surface area (Å²) in [5.41, 5.74) is 2.36.